The van der Waals surface area contributed by atoms with Crippen LogP contribution in [0.3, 0.4) is 0 Å². The molecule has 2 aromatic heterocycles. The molecule has 0 amide bonds. The monoisotopic (exact) mass is 411 g/mol. The summed E-state index contributed by atoms with van der Waals surface area (Å²) in [5.41, 5.74) is 5.76. The minimum absolute atomic E-state index is 0.381. The Labute approximate surface area is 159 Å². The number of thiocarbonyl (C=S) groups is 1. The molecule has 0 aliphatic carbocycles. The van der Waals surface area contributed by atoms with Gasteiger partial charge < -0.3 is 5.32 Å². The Morgan fingerprint density at radius 2 is 1.48 bits per heavy atom. The van der Waals surface area contributed by atoms with Crippen molar-refractivity contribution in [2.45, 2.75) is 0 Å². The highest BCUT2D eigenvalue weighted by Crippen LogP contribution is 2.14. The lowest BCUT2D eigenvalue weighted by molar-refractivity contribution is 1.03. The van der Waals surface area contributed by atoms with Crippen LogP contribution in [0.4, 0.5) is 5.69 Å². The number of nitrogens with one attached hydrogen (secondary N) is 2. The predicted molar refractivity (Wildman–Crippen MR) is 108 cm³/mol. The summed E-state index contributed by atoms with van der Waals surface area (Å²) in [6, 6.07) is 19.0. The third kappa shape index (κ3) is 4.91. The van der Waals surface area contributed by atoms with Gasteiger partial charge in [0.2, 0.25) is 0 Å². The molecule has 0 saturated carbocycles. The van der Waals surface area contributed by atoms with Crippen LogP contribution in [0.25, 0.3) is 0 Å². The van der Waals surface area contributed by atoms with E-state index >= 15 is 0 Å². The Morgan fingerprint density at radius 1 is 0.880 bits per heavy atom. The standard InChI is InChI=1S/C18H14BrN5S/c19-13-7-9-14(10-8-13)22-18(25)24-23-17(15-5-1-3-11-20-15)16-6-2-4-12-21-16/h1-12H,(H2,22,24,25). The van der Waals surface area contributed by atoms with Gasteiger partial charge >= 0.3 is 0 Å². The van der Waals surface area contributed by atoms with Gasteiger partial charge in [-0.15, -0.1) is 0 Å². The molecule has 0 bridgehead atoms. The Balaban J connectivity index is 1.79. The zero-order valence-electron chi connectivity index (χ0n) is 13.1. The Morgan fingerprint density at radius 3 is 2.00 bits per heavy atom. The first-order chi connectivity index (χ1) is 12.2. The fourth-order valence-electron chi connectivity index (χ4n) is 2.05. The first-order valence-electron chi connectivity index (χ1n) is 7.45. The minimum Gasteiger partial charge on any atom is -0.331 e. The Hall–Kier alpha value is -2.64. The summed E-state index contributed by atoms with van der Waals surface area (Å²) in [6.45, 7) is 0. The molecule has 2 N–H and O–H groups in total. The van der Waals surface area contributed by atoms with E-state index in [2.05, 4.69) is 41.7 Å². The maximum Gasteiger partial charge on any atom is 0.191 e. The van der Waals surface area contributed by atoms with Gasteiger partial charge in [-0.3, -0.25) is 15.4 Å². The molecular formula is C18H14BrN5S. The van der Waals surface area contributed by atoms with Crippen LogP contribution in [0.5, 0.6) is 0 Å². The number of hydrazone groups is 1. The summed E-state index contributed by atoms with van der Waals surface area (Å²) >= 11 is 8.71. The lowest BCUT2D eigenvalue weighted by Crippen LogP contribution is -2.26. The molecule has 1 aromatic carbocycles. The van der Waals surface area contributed by atoms with E-state index in [4.69, 9.17) is 12.2 Å². The molecule has 3 rings (SSSR count). The molecule has 0 saturated heterocycles. The van der Waals surface area contributed by atoms with E-state index in [-0.39, 0.29) is 0 Å². The highest BCUT2D eigenvalue weighted by atomic mass is 79.9. The van der Waals surface area contributed by atoms with E-state index in [1.54, 1.807) is 12.4 Å². The minimum atomic E-state index is 0.381. The Bertz CT molecular complexity index is 825. The molecule has 124 valence electrons. The summed E-state index contributed by atoms with van der Waals surface area (Å²) in [4.78, 5) is 8.69. The van der Waals surface area contributed by atoms with Crippen LogP contribution in [-0.2, 0) is 0 Å². The molecule has 3 aromatic rings. The van der Waals surface area contributed by atoms with Crippen molar-refractivity contribution in [2.75, 3.05) is 5.32 Å². The maximum absolute atomic E-state index is 5.31. The highest BCUT2D eigenvalue weighted by Gasteiger charge is 2.09. The first kappa shape index (κ1) is 17.2. The average Bonchev–Trinajstić information content (AvgIpc) is 2.66. The molecule has 7 heteroatoms. The number of hydrogen-bond donors (Lipinski definition) is 2. The number of nitrogens with zero attached hydrogens (tertiary/aromatic N) is 3. The van der Waals surface area contributed by atoms with Crippen molar-refractivity contribution < 1.29 is 0 Å². The van der Waals surface area contributed by atoms with E-state index < -0.39 is 0 Å². The maximum atomic E-state index is 5.31. The number of rotatable bonds is 4. The summed E-state index contributed by atoms with van der Waals surface area (Å²) in [7, 11) is 0. The van der Waals surface area contributed by atoms with Gasteiger partial charge in [-0.1, -0.05) is 28.1 Å². The van der Waals surface area contributed by atoms with Crippen molar-refractivity contribution in [2.24, 2.45) is 5.10 Å². The van der Waals surface area contributed by atoms with Crippen molar-refractivity contribution >= 4 is 44.7 Å². The molecule has 0 unspecified atom stereocenters. The third-order valence-corrected chi connectivity index (χ3v) is 3.91. The smallest absolute Gasteiger partial charge is 0.191 e. The van der Waals surface area contributed by atoms with Crippen LogP contribution in [0, 0.1) is 0 Å². The van der Waals surface area contributed by atoms with Crippen LogP contribution in [0.2, 0.25) is 0 Å². The second-order valence-electron chi connectivity index (χ2n) is 4.96. The van der Waals surface area contributed by atoms with Crippen LogP contribution in [0.15, 0.2) is 82.6 Å². The highest BCUT2D eigenvalue weighted by molar-refractivity contribution is 9.10. The quantitative estimate of drug-likeness (QED) is 0.386. The largest absolute Gasteiger partial charge is 0.331 e. The fraction of sp³-hybridized carbons (Fsp3) is 0. The van der Waals surface area contributed by atoms with Gasteiger partial charge in [0.15, 0.2) is 5.11 Å². The third-order valence-electron chi connectivity index (χ3n) is 3.19. The van der Waals surface area contributed by atoms with Gasteiger partial charge in [-0.05, 0) is 60.7 Å². The molecule has 0 fully saturated rings. The van der Waals surface area contributed by atoms with Gasteiger partial charge in [-0.2, -0.15) is 5.10 Å². The molecular weight excluding hydrogens is 398 g/mol. The summed E-state index contributed by atoms with van der Waals surface area (Å²) in [5.74, 6) is 0. The van der Waals surface area contributed by atoms with E-state index in [1.165, 1.54) is 0 Å². The SMILES string of the molecule is S=C(NN=C(c1ccccn1)c1ccccn1)Nc1ccc(Br)cc1. The molecule has 0 spiro atoms. The second-order valence-corrected chi connectivity index (χ2v) is 6.29. The zero-order valence-corrected chi connectivity index (χ0v) is 15.5. The van der Waals surface area contributed by atoms with E-state index in [1.807, 2.05) is 60.7 Å². The summed E-state index contributed by atoms with van der Waals surface area (Å²) in [6.07, 6.45) is 3.43. The van der Waals surface area contributed by atoms with Gasteiger partial charge in [-0.25, -0.2) is 0 Å². The van der Waals surface area contributed by atoms with Crippen LogP contribution in [0.1, 0.15) is 11.4 Å². The van der Waals surface area contributed by atoms with Gasteiger partial charge in [0.05, 0.1) is 11.4 Å². The molecule has 5 nitrogen and oxygen atoms in total. The number of halogens is 1. The van der Waals surface area contributed by atoms with E-state index in [0.29, 0.717) is 22.2 Å². The van der Waals surface area contributed by atoms with Crippen molar-refractivity contribution in [1.82, 2.24) is 15.4 Å². The molecule has 0 radical (unpaired) electrons. The van der Waals surface area contributed by atoms with Gasteiger partial charge in [0.1, 0.15) is 5.71 Å². The van der Waals surface area contributed by atoms with Crippen molar-refractivity contribution in [3.8, 4) is 0 Å². The number of anilines is 1. The molecule has 0 aliphatic heterocycles. The van der Waals surface area contributed by atoms with E-state index in [0.717, 1.165) is 10.2 Å². The predicted octanol–water partition coefficient (Wildman–Crippen LogP) is 3.98. The van der Waals surface area contributed by atoms with Gasteiger partial charge in [0.25, 0.3) is 0 Å². The first-order valence-corrected chi connectivity index (χ1v) is 8.65. The molecule has 0 aliphatic rings. The van der Waals surface area contributed by atoms with Crippen molar-refractivity contribution in [3.05, 3.63) is 88.9 Å². The van der Waals surface area contributed by atoms with Crippen LogP contribution < -0.4 is 10.7 Å². The lowest BCUT2D eigenvalue weighted by Gasteiger charge is -2.09. The van der Waals surface area contributed by atoms with Gasteiger partial charge in [0, 0.05) is 22.6 Å². The molecule has 2 heterocycles. The summed E-state index contributed by atoms with van der Waals surface area (Å²) < 4.78 is 1.00. The lowest BCUT2D eigenvalue weighted by atomic mass is 10.1. The fourth-order valence-corrected chi connectivity index (χ4v) is 2.48. The van der Waals surface area contributed by atoms with Crippen molar-refractivity contribution in [3.63, 3.8) is 0 Å². The number of benzene rings is 1. The number of hydrogen-bond acceptors (Lipinski definition) is 4. The zero-order chi connectivity index (χ0) is 17.5. The Kier molecular flexibility index (Phi) is 5.81. The van der Waals surface area contributed by atoms with Crippen LogP contribution >= 0.6 is 28.1 Å². The van der Waals surface area contributed by atoms with Crippen molar-refractivity contribution in [1.29, 1.82) is 0 Å². The normalized spacial score (nSPS) is 9.96. The second kappa shape index (κ2) is 8.46. The van der Waals surface area contributed by atoms with E-state index in [9.17, 15) is 0 Å². The average molecular weight is 412 g/mol. The number of pyridine rings is 2. The summed E-state index contributed by atoms with van der Waals surface area (Å²) in [5, 5.41) is 7.87. The topological polar surface area (TPSA) is 62.2 Å². The molecule has 25 heavy (non-hydrogen) atoms. The molecule has 0 atom stereocenters. The number of aromatic nitrogens is 2. The van der Waals surface area contributed by atoms with Crippen LogP contribution in [-0.4, -0.2) is 20.8 Å².